The minimum atomic E-state index is -5.12. The van der Waals surface area contributed by atoms with Gasteiger partial charge in [-0.1, -0.05) is 12.8 Å². The van der Waals surface area contributed by atoms with Crippen LogP contribution in [-0.2, 0) is 14.3 Å². The Bertz CT molecular complexity index is 342. The van der Waals surface area contributed by atoms with Crippen molar-refractivity contribution in [3.63, 3.8) is 0 Å². The van der Waals surface area contributed by atoms with E-state index in [2.05, 4.69) is 10.1 Å². The summed E-state index contributed by atoms with van der Waals surface area (Å²) in [5.41, 5.74) is 0. The number of halogens is 3. The van der Waals surface area contributed by atoms with E-state index in [4.69, 9.17) is 0 Å². The molecular weight excluding hydrogens is 251 g/mol. The standard InChI is InChI=1S/C11H14F3NO3/c12-11(13,14)10(17)18-9(16)8-5-6-3-1-2-4-7(6)15-8/h6-8,15H,1-5H2. The molecule has 4 nitrogen and oxygen atoms in total. The zero-order valence-electron chi connectivity index (χ0n) is 9.63. The highest BCUT2D eigenvalue weighted by Crippen LogP contribution is 2.33. The van der Waals surface area contributed by atoms with Crippen molar-refractivity contribution in [2.24, 2.45) is 5.92 Å². The maximum Gasteiger partial charge on any atom is 0.491 e. The molecule has 0 amide bonds. The van der Waals surface area contributed by atoms with Crippen molar-refractivity contribution < 1.29 is 27.5 Å². The topological polar surface area (TPSA) is 55.4 Å². The summed E-state index contributed by atoms with van der Waals surface area (Å²) in [6.07, 6.45) is -0.657. The van der Waals surface area contributed by atoms with Crippen LogP contribution >= 0.6 is 0 Å². The summed E-state index contributed by atoms with van der Waals surface area (Å²) in [5, 5.41) is 2.96. The third-order valence-electron chi connectivity index (χ3n) is 3.57. The molecule has 0 aromatic rings. The van der Waals surface area contributed by atoms with E-state index < -0.39 is 24.2 Å². The van der Waals surface area contributed by atoms with Gasteiger partial charge in [0, 0.05) is 6.04 Å². The van der Waals surface area contributed by atoms with E-state index >= 15 is 0 Å². The van der Waals surface area contributed by atoms with Gasteiger partial charge < -0.3 is 10.1 Å². The molecular formula is C11H14F3NO3. The van der Waals surface area contributed by atoms with Crippen molar-refractivity contribution >= 4 is 11.9 Å². The van der Waals surface area contributed by atoms with Crippen LogP contribution in [-0.4, -0.2) is 30.2 Å². The Morgan fingerprint density at radius 2 is 1.83 bits per heavy atom. The second-order valence-electron chi connectivity index (χ2n) is 4.81. The minimum Gasteiger partial charge on any atom is -0.385 e. The normalized spacial score (nSPS) is 31.8. The Kier molecular flexibility index (Phi) is 3.61. The van der Waals surface area contributed by atoms with Gasteiger partial charge in [0.15, 0.2) is 0 Å². The van der Waals surface area contributed by atoms with Crippen LogP contribution in [0.1, 0.15) is 32.1 Å². The Balaban J connectivity index is 1.89. The molecule has 1 aliphatic heterocycles. The third kappa shape index (κ3) is 2.82. The summed E-state index contributed by atoms with van der Waals surface area (Å²) in [5.74, 6) is -3.26. The fourth-order valence-corrected chi connectivity index (χ4v) is 2.72. The lowest BCUT2D eigenvalue weighted by molar-refractivity contribution is -0.202. The van der Waals surface area contributed by atoms with Gasteiger partial charge in [0.2, 0.25) is 0 Å². The van der Waals surface area contributed by atoms with E-state index in [1.54, 1.807) is 0 Å². The largest absolute Gasteiger partial charge is 0.491 e. The van der Waals surface area contributed by atoms with Crippen molar-refractivity contribution in [1.29, 1.82) is 0 Å². The van der Waals surface area contributed by atoms with E-state index in [1.165, 1.54) is 0 Å². The first-order valence-electron chi connectivity index (χ1n) is 5.97. The van der Waals surface area contributed by atoms with Gasteiger partial charge >= 0.3 is 18.1 Å². The highest BCUT2D eigenvalue weighted by atomic mass is 19.4. The van der Waals surface area contributed by atoms with E-state index in [1.807, 2.05) is 0 Å². The number of esters is 2. The number of carbonyl (C=O) groups is 2. The Hall–Kier alpha value is -1.11. The average Bonchev–Trinajstić information content (AvgIpc) is 2.71. The predicted octanol–water partition coefficient (Wildman–Crippen LogP) is 1.54. The molecule has 1 heterocycles. The molecule has 1 saturated carbocycles. The van der Waals surface area contributed by atoms with Crippen molar-refractivity contribution in [2.45, 2.75) is 50.4 Å². The Morgan fingerprint density at radius 1 is 1.17 bits per heavy atom. The van der Waals surface area contributed by atoms with Crippen LogP contribution in [0, 0.1) is 5.92 Å². The second kappa shape index (κ2) is 4.87. The number of hydrogen-bond acceptors (Lipinski definition) is 4. The highest BCUT2D eigenvalue weighted by molar-refractivity contribution is 5.91. The highest BCUT2D eigenvalue weighted by Gasteiger charge is 2.45. The molecule has 102 valence electrons. The molecule has 1 N–H and O–H groups in total. The zero-order chi connectivity index (χ0) is 13.3. The third-order valence-corrected chi connectivity index (χ3v) is 3.57. The minimum absolute atomic E-state index is 0.164. The lowest BCUT2D eigenvalue weighted by Crippen LogP contribution is -2.40. The fraction of sp³-hybridized carbons (Fsp3) is 0.818. The van der Waals surface area contributed by atoms with Crippen molar-refractivity contribution in [3.8, 4) is 0 Å². The van der Waals surface area contributed by atoms with Gasteiger partial charge in [-0.3, -0.25) is 0 Å². The van der Waals surface area contributed by atoms with Crippen molar-refractivity contribution in [3.05, 3.63) is 0 Å². The van der Waals surface area contributed by atoms with Crippen LogP contribution < -0.4 is 5.32 Å². The first kappa shape index (κ1) is 13.3. The van der Waals surface area contributed by atoms with E-state index in [9.17, 15) is 22.8 Å². The second-order valence-corrected chi connectivity index (χ2v) is 4.81. The molecule has 2 rings (SSSR count). The van der Waals surface area contributed by atoms with Crippen LogP contribution in [0.2, 0.25) is 0 Å². The fourth-order valence-electron chi connectivity index (χ4n) is 2.72. The maximum atomic E-state index is 11.9. The number of carbonyl (C=O) groups excluding carboxylic acids is 2. The molecule has 18 heavy (non-hydrogen) atoms. The Morgan fingerprint density at radius 3 is 2.44 bits per heavy atom. The molecule has 0 aromatic carbocycles. The molecule has 0 radical (unpaired) electrons. The smallest absolute Gasteiger partial charge is 0.385 e. The molecule has 1 aliphatic carbocycles. The quantitative estimate of drug-likeness (QED) is 0.577. The van der Waals surface area contributed by atoms with Crippen LogP contribution in [0.25, 0.3) is 0 Å². The molecule has 0 bridgehead atoms. The molecule has 2 fully saturated rings. The van der Waals surface area contributed by atoms with Gasteiger partial charge in [0.05, 0.1) is 0 Å². The molecule has 3 unspecified atom stereocenters. The van der Waals surface area contributed by atoms with E-state index in [-0.39, 0.29) is 6.04 Å². The average molecular weight is 265 g/mol. The van der Waals surface area contributed by atoms with Crippen LogP contribution in [0.15, 0.2) is 0 Å². The van der Waals surface area contributed by atoms with Gasteiger partial charge in [-0.2, -0.15) is 13.2 Å². The lowest BCUT2D eigenvalue weighted by Gasteiger charge is -2.24. The number of alkyl halides is 3. The van der Waals surface area contributed by atoms with Crippen LogP contribution in [0.3, 0.4) is 0 Å². The number of ether oxygens (including phenoxy) is 1. The molecule has 0 aromatic heterocycles. The SMILES string of the molecule is O=C(OC(=O)C(F)(F)F)C1CC2CCCCC2N1. The summed E-state index contributed by atoms with van der Waals surface area (Å²) in [4.78, 5) is 22.0. The first-order valence-corrected chi connectivity index (χ1v) is 5.97. The van der Waals surface area contributed by atoms with Crippen molar-refractivity contribution in [1.82, 2.24) is 5.32 Å². The summed E-state index contributed by atoms with van der Waals surface area (Å²) < 4.78 is 39.7. The monoisotopic (exact) mass is 265 g/mol. The van der Waals surface area contributed by atoms with E-state index in [0.29, 0.717) is 12.3 Å². The molecule has 7 heteroatoms. The van der Waals surface area contributed by atoms with Gasteiger partial charge in [-0.25, -0.2) is 9.59 Å². The molecule has 1 saturated heterocycles. The van der Waals surface area contributed by atoms with Gasteiger partial charge in [0.1, 0.15) is 6.04 Å². The summed E-state index contributed by atoms with van der Waals surface area (Å²) in [7, 11) is 0. The molecule has 3 atom stereocenters. The van der Waals surface area contributed by atoms with Gasteiger partial charge in [-0.05, 0) is 25.2 Å². The lowest BCUT2D eigenvalue weighted by atomic mass is 9.85. The Labute approximate surface area is 102 Å². The van der Waals surface area contributed by atoms with Crippen LogP contribution in [0.5, 0.6) is 0 Å². The summed E-state index contributed by atoms with van der Waals surface area (Å²) in [6, 6.07) is -0.623. The van der Waals surface area contributed by atoms with Gasteiger partial charge in [-0.15, -0.1) is 0 Å². The first-order chi connectivity index (χ1) is 8.38. The van der Waals surface area contributed by atoms with Crippen molar-refractivity contribution in [2.75, 3.05) is 0 Å². The maximum absolute atomic E-state index is 11.9. The number of hydrogen-bond donors (Lipinski definition) is 1. The molecule has 0 spiro atoms. The number of nitrogens with one attached hydrogen (secondary N) is 1. The van der Waals surface area contributed by atoms with Gasteiger partial charge in [0.25, 0.3) is 0 Å². The zero-order valence-corrected chi connectivity index (χ0v) is 9.63. The van der Waals surface area contributed by atoms with Crippen LogP contribution in [0.4, 0.5) is 13.2 Å². The van der Waals surface area contributed by atoms with E-state index in [0.717, 1.165) is 25.7 Å². The molecule has 2 aliphatic rings. The number of rotatable bonds is 1. The summed E-state index contributed by atoms with van der Waals surface area (Å²) >= 11 is 0. The predicted molar refractivity (Wildman–Crippen MR) is 54.4 cm³/mol. The number of fused-ring (bicyclic) bond motifs is 1. The summed E-state index contributed by atoms with van der Waals surface area (Å²) in [6.45, 7) is 0.